The minimum Gasteiger partial charge on any atom is -0.317 e. The van der Waals surface area contributed by atoms with Gasteiger partial charge in [-0.3, -0.25) is 10.1 Å². The van der Waals surface area contributed by atoms with Crippen LogP contribution in [0.1, 0.15) is 18.4 Å². The van der Waals surface area contributed by atoms with Crippen molar-refractivity contribution in [3.63, 3.8) is 0 Å². The second-order valence-corrected chi connectivity index (χ2v) is 6.03. The predicted molar refractivity (Wildman–Crippen MR) is 80.3 cm³/mol. The SMILES string of the molecule is NC1(C(=O)Nc2nccn2Cc2ccc(Br)cc2)CC1. The van der Waals surface area contributed by atoms with Crippen molar-refractivity contribution in [1.82, 2.24) is 9.55 Å². The Kier molecular flexibility index (Phi) is 3.35. The van der Waals surface area contributed by atoms with E-state index in [4.69, 9.17) is 5.73 Å². The Morgan fingerprint density at radius 1 is 1.40 bits per heavy atom. The molecule has 1 fully saturated rings. The summed E-state index contributed by atoms with van der Waals surface area (Å²) in [5.74, 6) is 0.385. The van der Waals surface area contributed by atoms with Crippen molar-refractivity contribution in [3.8, 4) is 0 Å². The first-order chi connectivity index (χ1) is 9.57. The Hall–Kier alpha value is -1.66. The van der Waals surface area contributed by atoms with Gasteiger partial charge in [0.1, 0.15) is 0 Å². The van der Waals surface area contributed by atoms with Crippen LogP contribution in [0.25, 0.3) is 0 Å². The van der Waals surface area contributed by atoms with Gasteiger partial charge < -0.3 is 10.3 Å². The van der Waals surface area contributed by atoms with Crippen LogP contribution in [0.5, 0.6) is 0 Å². The molecule has 6 heteroatoms. The van der Waals surface area contributed by atoms with E-state index >= 15 is 0 Å². The van der Waals surface area contributed by atoms with Crippen LogP contribution in [0.15, 0.2) is 41.1 Å². The maximum absolute atomic E-state index is 11.9. The lowest BCUT2D eigenvalue weighted by atomic mass is 10.2. The number of halogens is 1. The van der Waals surface area contributed by atoms with Gasteiger partial charge >= 0.3 is 0 Å². The zero-order valence-electron chi connectivity index (χ0n) is 10.8. The quantitative estimate of drug-likeness (QED) is 0.899. The Morgan fingerprint density at radius 3 is 2.75 bits per heavy atom. The van der Waals surface area contributed by atoms with Crippen molar-refractivity contribution in [3.05, 3.63) is 46.7 Å². The fourth-order valence-corrected chi connectivity index (χ4v) is 2.20. The van der Waals surface area contributed by atoms with Crippen LogP contribution in [0.4, 0.5) is 5.95 Å². The lowest BCUT2D eigenvalue weighted by Gasteiger charge is -2.12. The molecule has 0 unspecified atom stereocenters. The average Bonchev–Trinajstić information content (AvgIpc) is 3.04. The van der Waals surface area contributed by atoms with Crippen molar-refractivity contribution in [2.45, 2.75) is 24.9 Å². The van der Waals surface area contributed by atoms with Gasteiger partial charge in [-0.05, 0) is 30.5 Å². The van der Waals surface area contributed by atoms with Crippen molar-refractivity contribution >= 4 is 27.8 Å². The molecule has 2 aromatic rings. The summed E-state index contributed by atoms with van der Waals surface area (Å²) in [5, 5.41) is 2.80. The molecule has 20 heavy (non-hydrogen) atoms. The van der Waals surface area contributed by atoms with E-state index < -0.39 is 5.54 Å². The summed E-state index contributed by atoms with van der Waals surface area (Å²) in [6.45, 7) is 0.653. The smallest absolute Gasteiger partial charge is 0.246 e. The fraction of sp³-hybridized carbons (Fsp3) is 0.286. The number of imidazole rings is 1. The molecule has 1 aliphatic carbocycles. The van der Waals surface area contributed by atoms with Crippen LogP contribution in [0, 0.1) is 0 Å². The molecule has 0 spiro atoms. The standard InChI is InChI=1S/C14H15BrN4O/c15-11-3-1-10(2-4-11)9-19-8-7-17-13(19)18-12(20)14(16)5-6-14/h1-4,7-8H,5-6,9,16H2,(H,17,18,20). The highest BCUT2D eigenvalue weighted by atomic mass is 79.9. The van der Waals surface area contributed by atoms with E-state index in [-0.39, 0.29) is 5.91 Å². The van der Waals surface area contributed by atoms with Gasteiger partial charge in [0.05, 0.1) is 12.1 Å². The molecule has 1 amide bonds. The number of nitrogens with two attached hydrogens (primary N) is 1. The van der Waals surface area contributed by atoms with Gasteiger partial charge in [0.2, 0.25) is 11.9 Å². The Labute approximate surface area is 125 Å². The number of carbonyl (C=O) groups is 1. The Balaban J connectivity index is 1.73. The van der Waals surface area contributed by atoms with Crippen molar-refractivity contribution in [2.24, 2.45) is 5.73 Å². The number of carbonyl (C=O) groups excluding carboxylic acids is 1. The summed E-state index contributed by atoms with van der Waals surface area (Å²) in [6, 6.07) is 8.04. The molecule has 1 heterocycles. The van der Waals surface area contributed by atoms with E-state index in [1.165, 1.54) is 0 Å². The van der Waals surface area contributed by atoms with E-state index in [0.29, 0.717) is 12.5 Å². The molecule has 0 saturated heterocycles. The fourth-order valence-electron chi connectivity index (χ4n) is 1.94. The molecular formula is C14H15BrN4O. The first-order valence-electron chi connectivity index (χ1n) is 6.43. The monoisotopic (exact) mass is 334 g/mol. The number of hydrogen-bond acceptors (Lipinski definition) is 3. The topological polar surface area (TPSA) is 72.9 Å². The lowest BCUT2D eigenvalue weighted by Crippen LogP contribution is -2.38. The normalized spacial score (nSPS) is 15.9. The third kappa shape index (κ3) is 2.76. The zero-order chi connectivity index (χ0) is 14.2. The van der Waals surface area contributed by atoms with Crippen LogP contribution >= 0.6 is 15.9 Å². The van der Waals surface area contributed by atoms with Gasteiger partial charge in [0.15, 0.2) is 0 Å². The number of amides is 1. The van der Waals surface area contributed by atoms with Crippen LogP contribution in [-0.2, 0) is 11.3 Å². The highest BCUT2D eigenvalue weighted by Crippen LogP contribution is 2.33. The molecule has 1 aliphatic rings. The van der Waals surface area contributed by atoms with E-state index in [9.17, 15) is 4.79 Å². The van der Waals surface area contributed by atoms with Gasteiger partial charge in [0, 0.05) is 16.9 Å². The molecule has 1 aromatic heterocycles. The molecule has 104 valence electrons. The van der Waals surface area contributed by atoms with Gasteiger partial charge in [-0.1, -0.05) is 28.1 Å². The van der Waals surface area contributed by atoms with E-state index in [2.05, 4.69) is 26.2 Å². The first-order valence-corrected chi connectivity index (χ1v) is 7.22. The van der Waals surface area contributed by atoms with Crippen LogP contribution in [0.3, 0.4) is 0 Å². The molecule has 1 aromatic carbocycles. The van der Waals surface area contributed by atoms with E-state index in [1.54, 1.807) is 6.20 Å². The summed E-state index contributed by atoms with van der Waals surface area (Å²) >= 11 is 3.41. The minimum atomic E-state index is -0.686. The highest BCUT2D eigenvalue weighted by molar-refractivity contribution is 9.10. The average molecular weight is 335 g/mol. The third-order valence-corrected chi connectivity index (χ3v) is 3.98. The summed E-state index contributed by atoms with van der Waals surface area (Å²) in [6.07, 6.45) is 5.00. The molecule has 5 nitrogen and oxygen atoms in total. The maximum Gasteiger partial charge on any atom is 0.246 e. The second kappa shape index (κ2) is 5.03. The molecule has 0 atom stereocenters. The van der Waals surface area contributed by atoms with Crippen molar-refractivity contribution in [2.75, 3.05) is 5.32 Å². The third-order valence-electron chi connectivity index (χ3n) is 3.45. The number of anilines is 1. The summed E-state index contributed by atoms with van der Waals surface area (Å²) in [7, 11) is 0. The predicted octanol–water partition coefficient (Wildman–Crippen LogP) is 2.12. The first kappa shape index (κ1) is 13.3. The van der Waals surface area contributed by atoms with Gasteiger partial charge in [-0.25, -0.2) is 4.98 Å². The number of nitrogens with zero attached hydrogens (tertiary/aromatic N) is 2. The number of benzene rings is 1. The lowest BCUT2D eigenvalue weighted by molar-refractivity contribution is -0.118. The van der Waals surface area contributed by atoms with Crippen molar-refractivity contribution in [1.29, 1.82) is 0 Å². The minimum absolute atomic E-state index is 0.152. The second-order valence-electron chi connectivity index (χ2n) is 5.12. The molecule has 3 rings (SSSR count). The van der Waals surface area contributed by atoms with Crippen molar-refractivity contribution < 1.29 is 4.79 Å². The zero-order valence-corrected chi connectivity index (χ0v) is 12.4. The molecule has 0 radical (unpaired) electrons. The summed E-state index contributed by atoms with van der Waals surface area (Å²) in [5.41, 5.74) is 6.32. The van der Waals surface area contributed by atoms with Crippen LogP contribution in [0.2, 0.25) is 0 Å². The van der Waals surface area contributed by atoms with Gasteiger partial charge in [-0.2, -0.15) is 0 Å². The molecule has 0 bridgehead atoms. The largest absolute Gasteiger partial charge is 0.317 e. The van der Waals surface area contributed by atoms with Crippen LogP contribution in [-0.4, -0.2) is 21.0 Å². The van der Waals surface area contributed by atoms with Crippen LogP contribution < -0.4 is 11.1 Å². The maximum atomic E-state index is 11.9. The Morgan fingerprint density at radius 2 is 2.10 bits per heavy atom. The van der Waals surface area contributed by atoms with E-state index in [0.717, 1.165) is 22.9 Å². The molecule has 1 saturated carbocycles. The van der Waals surface area contributed by atoms with Gasteiger partial charge in [-0.15, -0.1) is 0 Å². The number of aromatic nitrogens is 2. The van der Waals surface area contributed by atoms with Gasteiger partial charge in [0.25, 0.3) is 0 Å². The molecular weight excluding hydrogens is 320 g/mol. The van der Waals surface area contributed by atoms with E-state index in [1.807, 2.05) is 35.0 Å². The number of nitrogens with one attached hydrogen (secondary N) is 1. The Bertz CT molecular complexity index is 631. The molecule has 0 aliphatic heterocycles. The summed E-state index contributed by atoms with van der Waals surface area (Å²) in [4.78, 5) is 16.1. The molecule has 3 N–H and O–H groups in total. The number of hydrogen-bond donors (Lipinski definition) is 2. The number of rotatable bonds is 4. The highest BCUT2D eigenvalue weighted by Gasteiger charge is 2.46. The summed E-state index contributed by atoms with van der Waals surface area (Å²) < 4.78 is 2.94.